The molecule has 126 valence electrons. The smallest absolute Gasteiger partial charge is 0.187 e. The summed E-state index contributed by atoms with van der Waals surface area (Å²) in [5, 5.41) is 10.4. The number of ether oxygens (including phenoxy) is 5. The van der Waals surface area contributed by atoms with Crippen LogP contribution in [0.1, 0.15) is 11.9 Å². The molecule has 0 aliphatic carbocycles. The van der Waals surface area contributed by atoms with E-state index < -0.39 is 30.9 Å². The number of hydrogen-bond donors (Lipinski definition) is 1. The van der Waals surface area contributed by atoms with E-state index in [-0.39, 0.29) is 12.7 Å². The molecule has 2 saturated heterocycles. The Bertz CT molecular complexity index is 507. The van der Waals surface area contributed by atoms with Crippen LogP contribution in [0.3, 0.4) is 0 Å². The molecule has 1 N–H and O–H groups in total. The Morgan fingerprint density at radius 3 is 2.78 bits per heavy atom. The highest BCUT2D eigenvalue weighted by Gasteiger charge is 2.50. The van der Waals surface area contributed by atoms with E-state index in [1.165, 1.54) is 7.11 Å². The Morgan fingerprint density at radius 2 is 2.09 bits per heavy atom. The summed E-state index contributed by atoms with van der Waals surface area (Å²) in [4.78, 5) is 0. The van der Waals surface area contributed by atoms with Crippen LogP contribution in [-0.2, 0) is 23.7 Å². The van der Waals surface area contributed by atoms with Gasteiger partial charge in [-0.2, -0.15) is 0 Å². The fourth-order valence-corrected chi connectivity index (χ4v) is 2.91. The average molecular weight is 322 g/mol. The van der Waals surface area contributed by atoms with Crippen LogP contribution in [0.4, 0.5) is 0 Å². The molecule has 0 aromatic heterocycles. The van der Waals surface area contributed by atoms with Crippen molar-refractivity contribution in [2.24, 2.45) is 0 Å². The molecular weight excluding hydrogens is 300 g/mol. The van der Waals surface area contributed by atoms with Crippen LogP contribution in [0.2, 0.25) is 0 Å². The van der Waals surface area contributed by atoms with Crippen LogP contribution in [0.5, 0.6) is 0 Å². The van der Waals surface area contributed by atoms with E-state index in [4.69, 9.17) is 23.7 Å². The van der Waals surface area contributed by atoms with Gasteiger partial charge < -0.3 is 28.8 Å². The quantitative estimate of drug-likeness (QED) is 0.827. The van der Waals surface area contributed by atoms with Crippen LogP contribution >= 0.6 is 0 Å². The third kappa shape index (κ3) is 3.47. The molecule has 0 radical (unpaired) electrons. The summed E-state index contributed by atoms with van der Waals surface area (Å²) in [6.45, 7) is 4.21. The van der Waals surface area contributed by atoms with E-state index in [1.54, 1.807) is 6.08 Å². The van der Waals surface area contributed by atoms with Gasteiger partial charge in [0.2, 0.25) is 0 Å². The molecule has 0 bridgehead atoms. The topological polar surface area (TPSA) is 66.4 Å². The van der Waals surface area contributed by atoms with Crippen molar-refractivity contribution in [1.82, 2.24) is 0 Å². The van der Waals surface area contributed by atoms with Crippen molar-refractivity contribution in [1.29, 1.82) is 0 Å². The van der Waals surface area contributed by atoms with Crippen molar-refractivity contribution >= 4 is 0 Å². The number of aliphatic hydroxyl groups excluding tert-OH is 1. The van der Waals surface area contributed by atoms with Gasteiger partial charge in [0.15, 0.2) is 12.6 Å². The highest BCUT2D eigenvalue weighted by molar-refractivity contribution is 5.16. The third-order valence-electron chi connectivity index (χ3n) is 4.03. The third-order valence-corrected chi connectivity index (χ3v) is 4.03. The summed E-state index contributed by atoms with van der Waals surface area (Å²) < 4.78 is 28.4. The Hall–Kier alpha value is -1.28. The summed E-state index contributed by atoms with van der Waals surface area (Å²) in [5.41, 5.74) is 0.917. The molecule has 2 aliphatic rings. The summed E-state index contributed by atoms with van der Waals surface area (Å²) in [7, 11) is 1.54. The van der Waals surface area contributed by atoms with Crippen LogP contribution in [0.25, 0.3) is 0 Å². The predicted octanol–water partition coefficient (Wildman–Crippen LogP) is 1.40. The molecule has 6 nitrogen and oxygen atoms in total. The highest BCUT2D eigenvalue weighted by Crippen LogP contribution is 2.35. The first-order valence-corrected chi connectivity index (χ1v) is 7.65. The molecule has 1 aromatic carbocycles. The predicted molar refractivity (Wildman–Crippen MR) is 81.6 cm³/mol. The molecule has 6 atom stereocenters. The average Bonchev–Trinajstić information content (AvgIpc) is 2.60. The molecule has 1 aromatic rings. The lowest BCUT2D eigenvalue weighted by Gasteiger charge is -2.47. The molecule has 3 rings (SSSR count). The molecule has 0 amide bonds. The minimum absolute atomic E-state index is 0.282. The van der Waals surface area contributed by atoms with Crippen LogP contribution in [-0.4, -0.2) is 56.1 Å². The highest BCUT2D eigenvalue weighted by atomic mass is 16.8. The van der Waals surface area contributed by atoms with E-state index in [0.29, 0.717) is 6.61 Å². The molecular formula is C17H22O6. The van der Waals surface area contributed by atoms with Gasteiger partial charge in [-0.15, -0.1) is 6.58 Å². The monoisotopic (exact) mass is 322 g/mol. The van der Waals surface area contributed by atoms with Crippen LogP contribution < -0.4 is 0 Å². The van der Waals surface area contributed by atoms with Gasteiger partial charge in [0.1, 0.15) is 24.4 Å². The summed E-state index contributed by atoms with van der Waals surface area (Å²) in [6, 6.07) is 9.65. The second kappa shape index (κ2) is 7.53. The van der Waals surface area contributed by atoms with Gasteiger partial charge in [-0.1, -0.05) is 36.4 Å². The Balaban J connectivity index is 1.73. The number of benzene rings is 1. The summed E-state index contributed by atoms with van der Waals surface area (Å²) in [5.74, 6) is 0. The van der Waals surface area contributed by atoms with Crippen molar-refractivity contribution in [2.45, 2.75) is 37.0 Å². The SMILES string of the molecule is C=CCO[C@@H]1O[C@@H]2CO[C@@H](c3ccccc3)O[C@H]2[C@@H](OC)[C@@H]1O. The maximum atomic E-state index is 10.4. The Morgan fingerprint density at radius 1 is 1.30 bits per heavy atom. The van der Waals surface area contributed by atoms with Crippen molar-refractivity contribution in [3.05, 3.63) is 48.6 Å². The van der Waals surface area contributed by atoms with E-state index >= 15 is 0 Å². The Kier molecular flexibility index (Phi) is 5.42. The standard InChI is InChI=1S/C17H22O6/c1-3-9-20-17-13(18)15(19-2)14-12(22-17)10-21-16(23-14)11-7-5-4-6-8-11/h3-8,12-18H,1,9-10H2,2H3/t12-,13+,14-,15+,16-,17-/m1/s1. The summed E-state index contributed by atoms with van der Waals surface area (Å²) >= 11 is 0. The van der Waals surface area contributed by atoms with Crippen molar-refractivity contribution < 1.29 is 28.8 Å². The van der Waals surface area contributed by atoms with E-state index in [1.807, 2.05) is 30.3 Å². The van der Waals surface area contributed by atoms with Crippen molar-refractivity contribution in [3.8, 4) is 0 Å². The first kappa shape index (κ1) is 16.6. The first-order chi connectivity index (χ1) is 11.2. The zero-order valence-electron chi connectivity index (χ0n) is 13.0. The molecule has 0 saturated carbocycles. The fourth-order valence-electron chi connectivity index (χ4n) is 2.91. The second-order valence-corrected chi connectivity index (χ2v) is 5.53. The number of methoxy groups -OCH3 is 1. The normalized spacial score (nSPS) is 37.1. The van der Waals surface area contributed by atoms with Crippen molar-refractivity contribution in [2.75, 3.05) is 20.3 Å². The lowest BCUT2D eigenvalue weighted by Crippen LogP contribution is -2.62. The number of hydrogen-bond acceptors (Lipinski definition) is 6. The van der Waals surface area contributed by atoms with Gasteiger partial charge in [0, 0.05) is 12.7 Å². The van der Waals surface area contributed by atoms with Gasteiger partial charge in [-0.25, -0.2) is 0 Å². The lowest BCUT2D eigenvalue weighted by molar-refractivity contribution is -0.362. The summed E-state index contributed by atoms with van der Waals surface area (Å²) in [6.07, 6.45) is -2.00. The van der Waals surface area contributed by atoms with E-state index in [0.717, 1.165) is 5.56 Å². The van der Waals surface area contributed by atoms with Crippen LogP contribution in [0.15, 0.2) is 43.0 Å². The zero-order chi connectivity index (χ0) is 16.2. The van der Waals surface area contributed by atoms with Gasteiger partial charge in [-0.05, 0) is 0 Å². The largest absolute Gasteiger partial charge is 0.385 e. The molecule has 0 unspecified atom stereocenters. The second-order valence-electron chi connectivity index (χ2n) is 5.53. The Labute approximate surface area is 135 Å². The maximum absolute atomic E-state index is 10.4. The molecule has 23 heavy (non-hydrogen) atoms. The van der Waals surface area contributed by atoms with Gasteiger partial charge in [0.25, 0.3) is 0 Å². The first-order valence-electron chi connectivity index (χ1n) is 7.65. The lowest BCUT2D eigenvalue weighted by atomic mass is 9.97. The van der Waals surface area contributed by atoms with Crippen molar-refractivity contribution in [3.63, 3.8) is 0 Å². The molecule has 2 fully saturated rings. The molecule has 2 aliphatic heterocycles. The number of fused-ring (bicyclic) bond motifs is 1. The van der Waals surface area contributed by atoms with E-state index in [2.05, 4.69) is 6.58 Å². The van der Waals surface area contributed by atoms with Crippen LogP contribution in [0, 0.1) is 0 Å². The molecule has 6 heteroatoms. The maximum Gasteiger partial charge on any atom is 0.187 e. The van der Waals surface area contributed by atoms with Gasteiger partial charge >= 0.3 is 0 Å². The fraction of sp³-hybridized carbons (Fsp3) is 0.529. The number of aliphatic hydroxyl groups is 1. The molecule has 0 spiro atoms. The minimum atomic E-state index is -0.948. The zero-order valence-corrected chi connectivity index (χ0v) is 13.0. The van der Waals surface area contributed by atoms with E-state index in [9.17, 15) is 5.11 Å². The van der Waals surface area contributed by atoms with Gasteiger partial charge in [0.05, 0.1) is 13.2 Å². The minimum Gasteiger partial charge on any atom is -0.385 e. The van der Waals surface area contributed by atoms with Gasteiger partial charge in [-0.3, -0.25) is 0 Å². The number of rotatable bonds is 5. The molecule has 2 heterocycles.